The van der Waals surface area contributed by atoms with Crippen LogP contribution in [0.1, 0.15) is 57.2 Å². The van der Waals surface area contributed by atoms with Gasteiger partial charge in [-0.3, -0.25) is 0 Å². The molecule has 3 aliphatic carbocycles. The van der Waals surface area contributed by atoms with Crippen molar-refractivity contribution < 1.29 is 0 Å². The predicted octanol–water partition coefficient (Wildman–Crippen LogP) is 3.63. The summed E-state index contributed by atoms with van der Waals surface area (Å²) >= 11 is 0. The van der Waals surface area contributed by atoms with Gasteiger partial charge in [0.2, 0.25) is 0 Å². The van der Waals surface area contributed by atoms with Crippen LogP contribution in [0, 0.1) is 17.8 Å². The minimum atomic E-state index is 0.604. The van der Waals surface area contributed by atoms with Crippen LogP contribution < -0.4 is 10.6 Å². The van der Waals surface area contributed by atoms with Gasteiger partial charge in [-0.15, -0.1) is 0 Å². The molecule has 1 aromatic heterocycles. The van der Waals surface area contributed by atoms with Gasteiger partial charge in [-0.05, 0) is 63.2 Å². The second-order valence-electron chi connectivity index (χ2n) is 7.02. The van der Waals surface area contributed by atoms with Crippen LogP contribution in [0.2, 0.25) is 0 Å². The molecule has 21 heavy (non-hydrogen) atoms. The lowest BCUT2D eigenvalue weighted by Gasteiger charge is -2.17. The second kappa shape index (κ2) is 5.47. The maximum Gasteiger partial charge on any atom is 0.136 e. The first-order chi connectivity index (χ1) is 10.3. The van der Waals surface area contributed by atoms with Crippen molar-refractivity contribution in [2.75, 3.05) is 23.7 Å². The predicted molar refractivity (Wildman–Crippen MR) is 85.6 cm³/mol. The Morgan fingerprint density at radius 2 is 1.62 bits per heavy atom. The highest BCUT2D eigenvalue weighted by Crippen LogP contribution is 2.49. The van der Waals surface area contributed by atoms with Crippen molar-refractivity contribution in [1.29, 1.82) is 0 Å². The van der Waals surface area contributed by atoms with E-state index >= 15 is 0 Å². The molecule has 3 aliphatic rings. The molecule has 0 atom stereocenters. The van der Waals surface area contributed by atoms with Gasteiger partial charge in [-0.1, -0.05) is 0 Å². The molecule has 0 spiro atoms. The quantitative estimate of drug-likeness (QED) is 0.766. The largest absolute Gasteiger partial charge is 0.370 e. The van der Waals surface area contributed by atoms with E-state index in [1.165, 1.54) is 38.5 Å². The Balaban J connectivity index is 1.45. The topological polar surface area (TPSA) is 49.8 Å². The van der Waals surface area contributed by atoms with Crippen LogP contribution in [-0.4, -0.2) is 23.1 Å². The van der Waals surface area contributed by atoms with Gasteiger partial charge >= 0.3 is 0 Å². The molecule has 2 N–H and O–H groups in total. The number of aromatic nitrogens is 2. The van der Waals surface area contributed by atoms with E-state index in [1.807, 2.05) is 0 Å². The lowest BCUT2D eigenvalue weighted by Crippen LogP contribution is -2.19. The summed E-state index contributed by atoms with van der Waals surface area (Å²) in [6, 6.07) is 2.08. The molecule has 1 heterocycles. The first-order valence-electron chi connectivity index (χ1n) is 8.70. The smallest absolute Gasteiger partial charge is 0.136 e. The summed E-state index contributed by atoms with van der Waals surface area (Å²) in [5.41, 5.74) is 0. The van der Waals surface area contributed by atoms with Crippen molar-refractivity contribution in [3.63, 3.8) is 0 Å². The fourth-order valence-electron chi connectivity index (χ4n) is 3.34. The molecule has 0 aromatic carbocycles. The third kappa shape index (κ3) is 3.30. The Bertz CT molecular complexity index is 492. The first-order valence-corrected chi connectivity index (χ1v) is 8.70. The lowest BCUT2D eigenvalue weighted by atomic mass is 9.98. The van der Waals surface area contributed by atoms with Gasteiger partial charge in [0, 0.05) is 25.1 Å². The van der Waals surface area contributed by atoms with Crippen LogP contribution in [-0.2, 0) is 0 Å². The minimum Gasteiger partial charge on any atom is -0.370 e. The Morgan fingerprint density at radius 3 is 2.14 bits per heavy atom. The van der Waals surface area contributed by atoms with Crippen molar-refractivity contribution in [2.45, 2.75) is 51.4 Å². The van der Waals surface area contributed by atoms with Crippen molar-refractivity contribution in [3.05, 3.63) is 11.9 Å². The number of rotatable bonds is 8. The van der Waals surface area contributed by atoms with E-state index in [0.717, 1.165) is 48.3 Å². The van der Waals surface area contributed by atoms with E-state index in [-0.39, 0.29) is 0 Å². The van der Waals surface area contributed by atoms with Crippen LogP contribution in [0.4, 0.5) is 11.6 Å². The fraction of sp³-hybridized carbons (Fsp3) is 0.765. The second-order valence-corrected chi connectivity index (χ2v) is 7.02. The Hall–Kier alpha value is -1.32. The van der Waals surface area contributed by atoms with Crippen molar-refractivity contribution in [3.8, 4) is 0 Å². The molecule has 4 rings (SSSR count). The summed E-state index contributed by atoms with van der Waals surface area (Å²) in [7, 11) is 0. The normalized spacial score (nSPS) is 21.6. The molecule has 4 heteroatoms. The van der Waals surface area contributed by atoms with Crippen LogP contribution in [0.25, 0.3) is 0 Å². The molecule has 0 unspecified atom stereocenters. The van der Waals surface area contributed by atoms with Gasteiger partial charge in [-0.25, -0.2) is 9.97 Å². The summed E-state index contributed by atoms with van der Waals surface area (Å²) < 4.78 is 0. The van der Waals surface area contributed by atoms with Gasteiger partial charge in [0.1, 0.15) is 17.5 Å². The SMILES string of the molecule is CCNc1cc(NCC(C2CC2)C2CC2)nc(C2CC2)n1. The third-order valence-corrected chi connectivity index (χ3v) is 5.02. The molecule has 4 nitrogen and oxygen atoms in total. The van der Waals surface area contributed by atoms with Crippen molar-refractivity contribution in [1.82, 2.24) is 9.97 Å². The lowest BCUT2D eigenvalue weighted by molar-refractivity contribution is 0.427. The molecule has 3 fully saturated rings. The highest BCUT2D eigenvalue weighted by molar-refractivity contribution is 5.48. The summed E-state index contributed by atoms with van der Waals surface area (Å²) in [5.74, 6) is 6.50. The van der Waals surface area contributed by atoms with Gasteiger partial charge in [0.05, 0.1) is 0 Å². The molecular formula is C17H26N4. The van der Waals surface area contributed by atoms with Crippen LogP contribution in [0.3, 0.4) is 0 Å². The summed E-state index contributed by atoms with van der Waals surface area (Å²) in [4.78, 5) is 9.39. The molecule has 0 radical (unpaired) electrons. The van der Waals surface area contributed by atoms with Crippen LogP contribution >= 0.6 is 0 Å². The van der Waals surface area contributed by atoms with Crippen LogP contribution in [0.15, 0.2) is 6.07 Å². The molecule has 1 aromatic rings. The monoisotopic (exact) mass is 286 g/mol. The molecular weight excluding hydrogens is 260 g/mol. The number of hydrogen-bond acceptors (Lipinski definition) is 4. The minimum absolute atomic E-state index is 0.604. The van der Waals surface area contributed by atoms with E-state index in [9.17, 15) is 0 Å². The Morgan fingerprint density at radius 1 is 1.00 bits per heavy atom. The fourth-order valence-corrected chi connectivity index (χ4v) is 3.34. The Kier molecular flexibility index (Phi) is 3.48. The number of anilines is 2. The van der Waals surface area contributed by atoms with Gasteiger partial charge in [-0.2, -0.15) is 0 Å². The van der Waals surface area contributed by atoms with E-state index in [2.05, 4.69) is 28.6 Å². The number of nitrogens with zero attached hydrogens (tertiary/aromatic N) is 2. The van der Waals surface area contributed by atoms with E-state index in [1.54, 1.807) is 0 Å². The highest BCUT2D eigenvalue weighted by Gasteiger charge is 2.41. The zero-order chi connectivity index (χ0) is 14.2. The molecule has 114 valence electrons. The van der Waals surface area contributed by atoms with E-state index in [4.69, 9.17) is 4.98 Å². The maximum atomic E-state index is 4.75. The van der Waals surface area contributed by atoms with Gasteiger partial charge < -0.3 is 10.6 Å². The van der Waals surface area contributed by atoms with Gasteiger partial charge in [0.25, 0.3) is 0 Å². The molecule has 0 bridgehead atoms. The van der Waals surface area contributed by atoms with E-state index in [0.29, 0.717) is 5.92 Å². The van der Waals surface area contributed by atoms with Crippen molar-refractivity contribution in [2.24, 2.45) is 17.8 Å². The van der Waals surface area contributed by atoms with E-state index < -0.39 is 0 Å². The third-order valence-electron chi connectivity index (χ3n) is 5.02. The summed E-state index contributed by atoms with van der Waals surface area (Å²) in [6.45, 7) is 4.12. The first kappa shape index (κ1) is 13.4. The average molecular weight is 286 g/mol. The van der Waals surface area contributed by atoms with Crippen LogP contribution in [0.5, 0.6) is 0 Å². The summed E-state index contributed by atoms with van der Waals surface area (Å²) in [5, 5.41) is 6.96. The van der Waals surface area contributed by atoms with Gasteiger partial charge in [0.15, 0.2) is 0 Å². The molecule has 0 amide bonds. The zero-order valence-corrected chi connectivity index (χ0v) is 12.9. The Labute approximate surface area is 127 Å². The molecule has 0 aliphatic heterocycles. The number of nitrogens with one attached hydrogen (secondary N) is 2. The standard InChI is InChI=1S/C17H26N4/c1-2-18-15-9-16(21-17(20-15)13-7-8-13)19-10-14(11-3-4-11)12-5-6-12/h9,11-14H,2-8,10H2,1H3,(H2,18,19,20,21). The highest BCUT2D eigenvalue weighted by atomic mass is 15.1. The average Bonchev–Trinajstić information content (AvgIpc) is 3.34. The summed E-state index contributed by atoms with van der Waals surface area (Å²) in [6.07, 6.45) is 8.29. The molecule has 3 saturated carbocycles. The van der Waals surface area contributed by atoms with Crippen molar-refractivity contribution >= 4 is 11.6 Å². The maximum absolute atomic E-state index is 4.75. The molecule has 0 saturated heterocycles. The zero-order valence-electron chi connectivity index (χ0n) is 12.9. The number of hydrogen-bond donors (Lipinski definition) is 2.